The lowest BCUT2D eigenvalue weighted by Crippen LogP contribution is -2.14. The Morgan fingerprint density at radius 1 is 0.463 bits per heavy atom. The Morgan fingerprint density at radius 2 is 0.778 bits per heavy atom. The number of esters is 2. The van der Waals surface area contributed by atoms with E-state index in [0.717, 1.165) is 89.9 Å². The largest absolute Gasteiger partial charge is 0.478 e. The number of rotatable bonds is 29. The molecular weight excluding hydrogens is 692 g/mol. The van der Waals surface area contributed by atoms with Gasteiger partial charge in [-0.3, -0.25) is 19.2 Å². The fourth-order valence-electron chi connectivity index (χ4n) is 5.90. The second-order valence-corrected chi connectivity index (χ2v) is 13.7. The highest BCUT2D eigenvalue weighted by Gasteiger charge is 2.18. The molecule has 0 fully saturated rings. The van der Waals surface area contributed by atoms with E-state index in [1.54, 1.807) is 0 Å². The van der Waals surface area contributed by atoms with Gasteiger partial charge in [-0.25, -0.2) is 9.59 Å². The average molecular weight is 753 g/mol. The molecule has 2 amide bonds. The number of hydrogen-bond donors (Lipinski definition) is 4. The zero-order valence-electron chi connectivity index (χ0n) is 32.2. The molecule has 2 aromatic carbocycles. The number of anilines is 2. The predicted molar refractivity (Wildman–Crippen MR) is 208 cm³/mol. The lowest BCUT2D eigenvalue weighted by Gasteiger charge is -2.11. The maximum absolute atomic E-state index is 12.4. The lowest BCUT2D eigenvalue weighted by molar-refractivity contribution is -0.135. The van der Waals surface area contributed by atoms with Crippen molar-refractivity contribution in [3.05, 3.63) is 47.5 Å². The summed E-state index contributed by atoms with van der Waals surface area (Å²) in [5, 5.41) is 24.7. The summed E-state index contributed by atoms with van der Waals surface area (Å²) < 4.78 is 10.7. The Labute approximate surface area is 319 Å². The van der Waals surface area contributed by atoms with Crippen molar-refractivity contribution in [2.75, 3.05) is 10.6 Å². The van der Waals surface area contributed by atoms with Crippen molar-refractivity contribution >= 4 is 47.1 Å². The van der Waals surface area contributed by atoms with E-state index >= 15 is 0 Å². The van der Waals surface area contributed by atoms with Crippen molar-refractivity contribution in [3.63, 3.8) is 0 Å². The van der Waals surface area contributed by atoms with Gasteiger partial charge in [-0.05, 0) is 62.1 Å². The van der Waals surface area contributed by atoms with E-state index in [1.165, 1.54) is 49.2 Å². The summed E-state index contributed by atoms with van der Waals surface area (Å²) >= 11 is 0. The number of aromatic carboxylic acids is 2. The number of nitrogens with one attached hydrogen (secondary N) is 2. The topological polar surface area (TPSA) is 185 Å². The molecule has 298 valence electrons. The van der Waals surface area contributed by atoms with Crippen LogP contribution in [-0.4, -0.2) is 45.9 Å². The lowest BCUT2D eigenvalue weighted by atomic mass is 10.1. The van der Waals surface area contributed by atoms with Crippen molar-refractivity contribution in [1.82, 2.24) is 0 Å². The molecule has 0 bridgehead atoms. The molecule has 0 radical (unpaired) electrons. The van der Waals surface area contributed by atoms with E-state index in [2.05, 4.69) is 24.5 Å². The summed E-state index contributed by atoms with van der Waals surface area (Å²) in [4.78, 5) is 73.1. The van der Waals surface area contributed by atoms with Crippen LogP contribution < -0.4 is 20.1 Å². The SMILES string of the molecule is CCCCCCCCC(=O)Nc1ccc(OC(=O)CCCCCCCCC(=O)Oc2ccc(NC(=O)CCCCCCCC)cc2C(=O)O)c(C(=O)O)c1. The van der Waals surface area contributed by atoms with Crippen LogP contribution in [0.25, 0.3) is 0 Å². The van der Waals surface area contributed by atoms with Crippen LogP contribution in [0.4, 0.5) is 11.4 Å². The Hall–Kier alpha value is -4.74. The van der Waals surface area contributed by atoms with Crippen molar-refractivity contribution in [1.29, 1.82) is 0 Å². The van der Waals surface area contributed by atoms with Gasteiger partial charge >= 0.3 is 23.9 Å². The molecule has 0 saturated heterocycles. The van der Waals surface area contributed by atoms with Gasteiger partial charge in [-0.2, -0.15) is 0 Å². The first-order valence-corrected chi connectivity index (χ1v) is 19.8. The molecule has 0 aromatic heterocycles. The molecule has 2 aromatic rings. The molecule has 0 saturated carbocycles. The van der Waals surface area contributed by atoms with E-state index in [1.807, 2.05) is 0 Å². The zero-order chi connectivity index (χ0) is 39.6. The standard InChI is InChI=1S/C42H60N2O10/c1-3-5-7-9-13-17-21-37(45)43-31-25-27-35(33(29-31)41(49)50)53-39(47)23-19-15-11-12-16-20-24-40(48)54-36-28-26-32(30-34(36)42(51)52)44-38(46)22-18-14-10-8-6-4-2/h25-30H,3-24H2,1-2H3,(H,43,45)(H,44,46)(H,49,50)(H,51,52). The van der Waals surface area contributed by atoms with Gasteiger partial charge in [-0.1, -0.05) is 104 Å². The number of carbonyl (C=O) groups excluding carboxylic acids is 4. The summed E-state index contributed by atoms with van der Waals surface area (Å²) in [6.07, 6.45) is 17.7. The number of carboxylic acids is 2. The molecule has 0 aliphatic heterocycles. The third kappa shape index (κ3) is 19.4. The van der Waals surface area contributed by atoms with Crippen LogP contribution in [0.2, 0.25) is 0 Å². The summed E-state index contributed by atoms with van der Waals surface area (Å²) in [5.74, 6) is -4.18. The highest BCUT2D eigenvalue weighted by Crippen LogP contribution is 2.26. The average Bonchev–Trinajstić information content (AvgIpc) is 3.13. The summed E-state index contributed by atoms with van der Waals surface area (Å²) in [6, 6.07) is 8.38. The number of benzene rings is 2. The molecule has 12 nitrogen and oxygen atoms in total. The zero-order valence-corrected chi connectivity index (χ0v) is 32.2. The second kappa shape index (κ2) is 26.9. The molecule has 0 heterocycles. The fraction of sp³-hybridized carbons (Fsp3) is 0.571. The number of unbranched alkanes of at least 4 members (excludes halogenated alkanes) is 15. The predicted octanol–water partition coefficient (Wildman–Crippen LogP) is 10.1. The molecule has 4 N–H and O–H groups in total. The Morgan fingerprint density at radius 3 is 1.11 bits per heavy atom. The normalized spacial score (nSPS) is 10.8. The van der Waals surface area contributed by atoms with Gasteiger partial charge in [0, 0.05) is 37.1 Å². The molecule has 0 aliphatic rings. The smallest absolute Gasteiger partial charge is 0.339 e. The van der Waals surface area contributed by atoms with E-state index in [0.29, 0.717) is 37.1 Å². The third-order valence-corrected chi connectivity index (χ3v) is 8.96. The second-order valence-electron chi connectivity index (χ2n) is 13.7. The van der Waals surface area contributed by atoms with Gasteiger partial charge in [0.2, 0.25) is 11.8 Å². The van der Waals surface area contributed by atoms with Crippen LogP contribution >= 0.6 is 0 Å². The van der Waals surface area contributed by atoms with Crippen LogP contribution in [0.3, 0.4) is 0 Å². The monoisotopic (exact) mass is 752 g/mol. The Kier molecular flexibility index (Phi) is 22.7. The minimum atomic E-state index is -1.27. The van der Waals surface area contributed by atoms with Crippen LogP contribution in [0.1, 0.15) is 176 Å². The Bertz CT molecular complexity index is 1390. The number of hydrogen-bond acceptors (Lipinski definition) is 8. The molecule has 0 aliphatic carbocycles. The van der Waals surface area contributed by atoms with E-state index < -0.39 is 23.9 Å². The van der Waals surface area contributed by atoms with Gasteiger partial charge in [0.15, 0.2) is 0 Å². The minimum Gasteiger partial charge on any atom is -0.478 e. The first-order chi connectivity index (χ1) is 26.0. The maximum atomic E-state index is 12.4. The van der Waals surface area contributed by atoms with Crippen molar-refractivity contribution in [2.45, 2.75) is 155 Å². The molecule has 12 heteroatoms. The number of amides is 2. The number of ether oxygens (including phenoxy) is 2. The minimum absolute atomic E-state index is 0.0784. The van der Waals surface area contributed by atoms with Crippen LogP contribution in [0.15, 0.2) is 36.4 Å². The first-order valence-electron chi connectivity index (χ1n) is 19.8. The molecule has 54 heavy (non-hydrogen) atoms. The third-order valence-electron chi connectivity index (χ3n) is 8.96. The van der Waals surface area contributed by atoms with E-state index in [-0.39, 0.29) is 47.3 Å². The van der Waals surface area contributed by atoms with Crippen LogP contribution in [-0.2, 0) is 19.2 Å². The first kappa shape index (κ1) is 45.4. The van der Waals surface area contributed by atoms with E-state index in [4.69, 9.17) is 9.47 Å². The van der Waals surface area contributed by atoms with E-state index in [9.17, 15) is 39.0 Å². The fourth-order valence-corrected chi connectivity index (χ4v) is 5.90. The van der Waals surface area contributed by atoms with Crippen molar-refractivity contribution < 1.29 is 48.5 Å². The van der Waals surface area contributed by atoms with Gasteiger partial charge in [0.1, 0.15) is 22.6 Å². The summed E-state index contributed by atoms with van der Waals surface area (Å²) in [5.41, 5.74) is 0.239. The number of carbonyl (C=O) groups is 6. The van der Waals surface area contributed by atoms with Crippen molar-refractivity contribution in [2.24, 2.45) is 0 Å². The highest BCUT2D eigenvalue weighted by molar-refractivity contribution is 5.97. The van der Waals surface area contributed by atoms with Gasteiger partial charge in [0.25, 0.3) is 0 Å². The quantitative estimate of drug-likeness (QED) is 0.0354. The molecule has 0 atom stereocenters. The van der Waals surface area contributed by atoms with Gasteiger partial charge in [0.05, 0.1) is 0 Å². The van der Waals surface area contributed by atoms with Crippen LogP contribution in [0.5, 0.6) is 11.5 Å². The summed E-state index contributed by atoms with van der Waals surface area (Å²) in [6.45, 7) is 4.30. The molecule has 0 unspecified atom stereocenters. The summed E-state index contributed by atoms with van der Waals surface area (Å²) in [7, 11) is 0. The van der Waals surface area contributed by atoms with Gasteiger partial charge in [-0.15, -0.1) is 0 Å². The highest BCUT2D eigenvalue weighted by atomic mass is 16.5. The van der Waals surface area contributed by atoms with Crippen LogP contribution in [0, 0.1) is 0 Å². The number of carboxylic acid groups (broad SMARTS) is 2. The molecule has 2 rings (SSSR count). The van der Waals surface area contributed by atoms with Gasteiger partial charge < -0.3 is 30.3 Å². The Balaban J connectivity index is 1.66. The van der Waals surface area contributed by atoms with Crippen molar-refractivity contribution in [3.8, 4) is 11.5 Å². The molecule has 0 spiro atoms. The molecular formula is C42H60N2O10. The maximum Gasteiger partial charge on any atom is 0.339 e.